The normalized spacial score (nSPS) is 11.8. The average molecular weight is 441 g/mol. The fourth-order valence-electron chi connectivity index (χ4n) is 3.38. The summed E-state index contributed by atoms with van der Waals surface area (Å²) in [6, 6.07) is 35.9. The molecule has 32 heavy (non-hydrogen) atoms. The van der Waals surface area contributed by atoms with E-state index < -0.39 is 10.0 Å². The van der Waals surface area contributed by atoms with Crippen molar-refractivity contribution in [1.29, 1.82) is 0 Å². The van der Waals surface area contributed by atoms with Crippen molar-refractivity contribution in [3.63, 3.8) is 0 Å². The van der Waals surface area contributed by atoms with Crippen LogP contribution in [0.3, 0.4) is 0 Å². The van der Waals surface area contributed by atoms with E-state index in [0.717, 1.165) is 22.4 Å². The Labute approximate surface area is 189 Å². The SMILES string of the molecule is Cc1ccc(S(=O)(=O)/N=C(\c2ccccc2)N(Cc2ccccc2)c2ccccc2)cc1. The van der Waals surface area contributed by atoms with Crippen molar-refractivity contribution < 1.29 is 8.42 Å². The highest BCUT2D eigenvalue weighted by Crippen LogP contribution is 2.23. The maximum Gasteiger partial charge on any atom is 0.284 e. The average Bonchev–Trinajstić information content (AvgIpc) is 2.83. The van der Waals surface area contributed by atoms with Gasteiger partial charge in [0.05, 0.1) is 4.90 Å². The first-order valence-electron chi connectivity index (χ1n) is 10.4. The van der Waals surface area contributed by atoms with Gasteiger partial charge < -0.3 is 4.90 Å². The first kappa shape index (κ1) is 21.5. The first-order valence-corrected chi connectivity index (χ1v) is 11.8. The molecule has 0 amide bonds. The number of anilines is 1. The minimum absolute atomic E-state index is 0.171. The number of nitrogens with zero attached hydrogens (tertiary/aromatic N) is 2. The molecule has 160 valence electrons. The van der Waals surface area contributed by atoms with Gasteiger partial charge in [-0.3, -0.25) is 0 Å². The molecule has 0 saturated carbocycles. The van der Waals surface area contributed by atoms with Crippen molar-refractivity contribution in [1.82, 2.24) is 0 Å². The molecule has 0 bridgehead atoms. The van der Waals surface area contributed by atoms with Crippen molar-refractivity contribution in [2.24, 2.45) is 4.40 Å². The zero-order chi connectivity index (χ0) is 22.4. The number of amidine groups is 1. The Morgan fingerprint density at radius 3 is 1.84 bits per heavy atom. The van der Waals surface area contributed by atoms with Crippen LogP contribution in [0.2, 0.25) is 0 Å². The lowest BCUT2D eigenvalue weighted by atomic mass is 10.1. The third kappa shape index (κ3) is 5.13. The van der Waals surface area contributed by atoms with Gasteiger partial charge in [-0.15, -0.1) is 4.40 Å². The Kier molecular flexibility index (Phi) is 6.47. The minimum Gasteiger partial charge on any atom is -0.321 e. The van der Waals surface area contributed by atoms with E-state index in [0.29, 0.717) is 12.4 Å². The second-order valence-electron chi connectivity index (χ2n) is 7.48. The molecule has 4 nitrogen and oxygen atoms in total. The fraction of sp³-hybridized carbons (Fsp3) is 0.0741. The third-order valence-electron chi connectivity index (χ3n) is 5.06. The van der Waals surface area contributed by atoms with Crippen LogP contribution in [0, 0.1) is 6.92 Å². The Hall–Kier alpha value is -3.70. The monoisotopic (exact) mass is 440 g/mol. The van der Waals surface area contributed by atoms with Crippen molar-refractivity contribution in [2.45, 2.75) is 18.4 Å². The second kappa shape index (κ2) is 9.62. The van der Waals surface area contributed by atoms with E-state index in [1.807, 2.05) is 103 Å². The summed E-state index contributed by atoms with van der Waals surface area (Å²) in [5, 5.41) is 0. The minimum atomic E-state index is -3.92. The molecule has 0 spiro atoms. The molecule has 0 aromatic heterocycles. The number of hydrogen-bond acceptors (Lipinski definition) is 2. The molecule has 0 heterocycles. The van der Waals surface area contributed by atoms with Gasteiger partial charge in [0.25, 0.3) is 10.0 Å². The number of aryl methyl sites for hydroxylation is 1. The zero-order valence-corrected chi connectivity index (χ0v) is 18.6. The van der Waals surface area contributed by atoms with E-state index >= 15 is 0 Å². The van der Waals surface area contributed by atoms with Crippen LogP contribution in [0.4, 0.5) is 5.69 Å². The summed E-state index contributed by atoms with van der Waals surface area (Å²) < 4.78 is 31.0. The van der Waals surface area contributed by atoms with Crippen LogP contribution in [0.15, 0.2) is 125 Å². The van der Waals surface area contributed by atoms with Gasteiger partial charge in [-0.2, -0.15) is 8.42 Å². The molecular formula is C27H24N2O2S. The molecule has 0 radical (unpaired) electrons. The summed E-state index contributed by atoms with van der Waals surface area (Å²) in [5.41, 5.74) is 3.62. The highest BCUT2D eigenvalue weighted by Gasteiger charge is 2.21. The summed E-state index contributed by atoms with van der Waals surface area (Å²) in [4.78, 5) is 2.11. The van der Waals surface area contributed by atoms with Crippen molar-refractivity contribution in [3.05, 3.63) is 132 Å². The van der Waals surface area contributed by atoms with Crippen molar-refractivity contribution in [2.75, 3.05) is 4.90 Å². The number of sulfonamides is 1. The van der Waals surface area contributed by atoms with E-state index in [4.69, 9.17) is 0 Å². The first-order chi connectivity index (χ1) is 15.5. The van der Waals surface area contributed by atoms with Gasteiger partial charge in [0, 0.05) is 17.8 Å². The van der Waals surface area contributed by atoms with Crippen LogP contribution in [-0.4, -0.2) is 14.3 Å². The van der Waals surface area contributed by atoms with Crippen LogP contribution in [-0.2, 0) is 16.6 Å². The molecule has 0 saturated heterocycles. The summed E-state index contributed by atoms with van der Waals surface area (Å²) >= 11 is 0. The molecule has 0 aliphatic carbocycles. The quantitative estimate of drug-likeness (QED) is 0.280. The molecule has 4 aromatic rings. The standard InChI is InChI=1S/C27H24N2O2S/c1-22-17-19-26(20-18-22)32(30,31)28-27(24-13-7-3-8-14-24)29(25-15-9-4-10-16-25)21-23-11-5-2-6-12-23/h2-20H,21H2,1H3/b28-27+. The van der Waals surface area contributed by atoms with Crippen molar-refractivity contribution >= 4 is 21.5 Å². The molecule has 0 aliphatic heterocycles. The Morgan fingerprint density at radius 1 is 0.719 bits per heavy atom. The Balaban J connectivity index is 1.88. The summed E-state index contributed by atoms with van der Waals surface area (Å²) in [6.45, 7) is 2.40. The molecule has 5 heteroatoms. The van der Waals surface area contributed by atoms with Gasteiger partial charge in [-0.25, -0.2) is 0 Å². The smallest absolute Gasteiger partial charge is 0.284 e. The summed E-state index contributed by atoms with van der Waals surface area (Å²) in [5.74, 6) is 0.376. The van der Waals surface area contributed by atoms with E-state index in [9.17, 15) is 8.42 Å². The predicted molar refractivity (Wildman–Crippen MR) is 130 cm³/mol. The fourth-order valence-corrected chi connectivity index (χ4v) is 4.40. The van der Waals surface area contributed by atoms with Crippen LogP contribution >= 0.6 is 0 Å². The van der Waals surface area contributed by atoms with Gasteiger partial charge in [0.2, 0.25) is 0 Å². The van der Waals surface area contributed by atoms with Gasteiger partial charge in [0.15, 0.2) is 5.84 Å². The molecule has 0 N–H and O–H groups in total. The third-order valence-corrected chi connectivity index (χ3v) is 6.35. The van der Waals surface area contributed by atoms with Crippen LogP contribution in [0.1, 0.15) is 16.7 Å². The lowest BCUT2D eigenvalue weighted by Gasteiger charge is -2.27. The van der Waals surface area contributed by atoms with E-state index in [2.05, 4.69) is 4.40 Å². The Morgan fingerprint density at radius 2 is 1.25 bits per heavy atom. The second-order valence-corrected chi connectivity index (χ2v) is 9.08. The molecule has 4 aromatic carbocycles. The van der Waals surface area contributed by atoms with Gasteiger partial charge in [0.1, 0.15) is 0 Å². The lowest BCUT2D eigenvalue weighted by molar-refractivity contribution is 0.598. The number of benzene rings is 4. The van der Waals surface area contributed by atoms with E-state index in [1.54, 1.807) is 24.3 Å². The molecular weight excluding hydrogens is 416 g/mol. The topological polar surface area (TPSA) is 49.7 Å². The number of rotatable bonds is 6. The van der Waals surface area contributed by atoms with Gasteiger partial charge in [-0.05, 0) is 36.8 Å². The highest BCUT2D eigenvalue weighted by molar-refractivity contribution is 7.90. The summed E-state index contributed by atoms with van der Waals surface area (Å²) in [6.07, 6.45) is 0. The van der Waals surface area contributed by atoms with E-state index in [-0.39, 0.29) is 4.90 Å². The molecule has 4 rings (SSSR count). The van der Waals surface area contributed by atoms with Crippen LogP contribution < -0.4 is 4.90 Å². The maximum atomic E-state index is 13.3. The zero-order valence-electron chi connectivity index (χ0n) is 17.8. The lowest BCUT2D eigenvalue weighted by Crippen LogP contribution is -2.32. The van der Waals surface area contributed by atoms with Gasteiger partial charge >= 0.3 is 0 Å². The van der Waals surface area contributed by atoms with E-state index in [1.165, 1.54) is 0 Å². The Bertz CT molecular complexity index is 1290. The van der Waals surface area contributed by atoms with Crippen LogP contribution in [0.25, 0.3) is 0 Å². The number of hydrogen-bond donors (Lipinski definition) is 0. The molecule has 0 unspecified atom stereocenters. The summed E-state index contributed by atoms with van der Waals surface area (Å²) in [7, 11) is -3.92. The molecule has 0 aliphatic rings. The van der Waals surface area contributed by atoms with Gasteiger partial charge in [-0.1, -0.05) is 96.6 Å². The predicted octanol–water partition coefficient (Wildman–Crippen LogP) is 5.84. The molecule has 0 atom stereocenters. The number of para-hydroxylation sites is 1. The van der Waals surface area contributed by atoms with Crippen molar-refractivity contribution in [3.8, 4) is 0 Å². The highest BCUT2D eigenvalue weighted by atomic mass is 32.2. The maximum absolute atomic E-state index is 13.3. The largest absolute Gasteiger partial charge is 0.321 e. The molecule has 0 fully saturated rings. The van der Waals surface area contributed by atoms with Crippen LogP contribution in [0.5, 0.6) is 0 Å².